The first-order valence-electron chi connectivity index (χ1n) is 9.18. The number of aliphatic carboxylic acids is 1. The van der Waals surface area contributed by atoms with Gasteiger partial charge in [0.1, 0.15) is 10.1 Å². The smallest absolute Gasteiger partial charge is 0.305 e. The SMILES string of the molecule is O=C(O)CCN1C(=O)/C(=C/c2cccc(OCC(=O)Nc3ccc(Cl)c(Cl)c3)c2)SC1=S. The number of nitrogens with one attached hydrogen (secondary N) is 1. The van der Waals surface area contributed by atoms with E-state index < -0.39 is 5.97 Å². The molecule has 0 unspecified atom stereocenters. The van der Waals surface area contributed by atoms with Crippen molar-refractivity contribution in [2.24, 2.45) is 0 Å². The Morgan fingerprint density at radius 2 is 1.97 bits per heavy atom. The first-order chi connectivity index (χ1) is 15.2. The molecular formula is C21H16Cl2N2O5S2. The van der Waals surface area contributed by atoms with Gasteiger partial charge in [0.2, 0.25) is 0 Å². The first-order valence-corrected chi connectivity index (χ1v) is 11.2. The summed E-state index contributed by atoms with van der Waals surface area (Å²) in [6.07, 6.45) is 1.45. The lowest BCUT2D eigenvalue weighted by atomic mass is 10.2. The number of carbonyl (C=O) groups is 3. The summed E-state index contributed by atoms with van der Waals surface area (Å²) in [7, 11) is 0. The lowest BCUT2D eigenvalue weighted by molar-refractivity contribution is -0.137. The number of benzene rings is 2. The molecule has 32 heavy (non-hydrogen) atoms. The van der Waals surface area contributed by atoms with Gasteiger partial charge in [-0.25, -0.2) is 0 Å². The van der Waals surface area contributed by atoms with Crippen LogP contribution in [0, 0.1) is 0 Å². The van der Waals surface area contributed by atoms with Crippen LogP contribution in [0.3, 0.4) is 0 Å². The second-order valence-electron chi connectivity index (χ2n) is 6.52. The molecule has 2 amide bonds. The molecule has 0 spiro atoms. The summed E-state index contributed by atoms with van der Waals surface area (Å²) in [5.74, 6) is -1.29. The number of hydrogen-bond acceptors (Lipinski definition) is 6. The van der Waals surface area contributed by atoms with Gasteiger partial charge in [-0.3, -0.25) is 19.3 Å². The van der Waals surface area contributed by atoms with Crippen LogP contribution in [0.5, 0.6) is 5.75 Å². The average Bonchev–Trinajstić information content (AvgIpc) is 3.00. The molecule has 0 bridgehead atoms. The van der Waals surface area contributed by atoms with Crippen LogP contribution in [0.2, 0.25) is 10.0 Å². The van der Waals surface area contributed by atoms with Gasteiger partial charge in [0.15, 0.2) is 6.61 Å². The fourth-order valence-electron chi connectivity index (χ4n) is 2.67. The van der Waals surface area contributed by atoms with Crippen molar-refractivity contribution in [3.8, 4) is 5.75 Å². The predicted octanol–water partition coefficient (Wildman–Crippen LogP) is 4.69. The highest BCUT2D eigenvalue weighted by Crippen LogP contribution is 2.33. The van der Waals surface area contributed by atoms with Crippen molar-refractivity contribution < 1.29 is 24.2 Å². The number of halogens is 2. The minimum Gasteiger partial charge on any atom is -0.484 e. The summed E-state index contributed by atoms with van der Waals surface area (Å²) >= 11 is 18.1. The summed E-state index contributed by atoms with van der Waals surface area (Å²) < 4.78 is 5.85. The largest absolute Gasteiger partial charge is 0.484 e. The zero-order valence-corrected chi connectivity index (χ0v) is 19.5. The number of thiocarbonyl (C=S) groups is 1. The maximum absolute atomic E-state index is 12.5. The van der Waals surface area contributed by atoms with E-state index in [9.17, 15) is 14.4 Å². The zero-order chi connectivity index (χ0) is 23.3. The highest BCUT2D eigenvalue weighted by Gasteiger charge is 2.32. The topological polar surface area (TPSA) is 95.9 Å². The number of ether oxygens (including phenoxy) is 1. The summed E-state index contributed by atoms with van der Waals surface area (Å²) in [5, 5.41) is 12.2. The van der Waals surface area contributed by atoms with Crippen LogP contribution in [-0.2, 0) is 14.4 Å². The third kappa shape index (κ3) is 6.46. The number of thioether (sulfide) groups is 1. The van der Waals surface area contributed by atoms with E-state index >= 15 is 0 Å². The van der Waals surface area contributed by atoms with Crippen molar-refractivity contribution in [2.45, 2.75) is 6.42 Å². The van der Waals surface area contributed by atoms with Crippen LogP contribution >= 0.6 is 47.2 Å². The highest BCUT2D eigenvalue weighted by atomic mass is 35.5. The molecule has 3 rings (SSSR count). The van der Waals surface area contributed by atoms with Crippen LogP contribution in [0.25, 0.3) is 6.08 Å². The summed E-state index contributed by atoms with van der Waals surface area (Å²) in [4.78, 5) is 37.1. The molecule has 2 aromatic rings. The summed E-state index contributed by atoms with van der Waals surface area (Å²) in [5.41, 5.74) is 1.16. The van der Waals surface area contributed by atoms with Gasteiger partial charge >= 0.3 is 5.97 Å². The van der Waals surface area contributed by atoms with Gasteiger partial charge < -0.3 is 15.2 Å². The molecule has 1 aliphatic heterocycles. The van der Waals surface area contributed by atoms with Gasteiger partial charge in [-0.15, -0.1) is 0 Å². The number of hydrogen-bond donors (Lipinski definition) is 2. The highest BCUT2D eigenvalue weighted by molar-refractivity contribution is 8.26. The molecule has 11 heteroatoms. The molecule has 0 atom stereocenters. The molecule has 0 saturated carbocycles. The van der Waals surface area contributed by atoms with Gasteiger partial charge in [0.05, 0.1) is 21.4 Å². The van der Waals surface area contributed by atoms with E-state index in [1.54, 1.807) is 42.5 Å². The van der Waals surface area contributed by atoms with Crippen LogP contribution < -0.4 is 10.1 Å². The molecule has 7 nitrogen and oxygen atoms in total. The monoisotopic (exact) mass is 510 g/mol. The maximum atomic E-state index is 12.5. The second kappa shape index (κ2) is 10.8. The van der Waals surface area contributed by atoms with Crippen molar-refractivity contribution in [2.75, 3.05) is 18.5 Å². The van der Waals surface area contributed by atoms with Crippen LogP contribution in [0.4, 0.5) is 5.69 Å². The molecule has 2 aromatic carbocycles. The Kier molecular flexibility index (Phi) is 8.14. The first kappa shape index (κ1) is 24.1. The minimum atomic E-state index is -1.00. The van der Waals surface area contributed by atoms with E-state index in [-0.39, 0.29) is 31.4 Å². The van der Waals surface area contributed by atoms with Crippen molar-refractivity contribution in [1.29, 1.82) is 0 Å². The standard InChI is InChI=1S/C21H16Cl2N2O5S2/c22-15-5-4-13(10-16(15)23)24-18(26)11-30-14-3-1-2-12(8-14)9-17-20(29)25(21(31)32-17)7-6-19(27)28/h1-5,8-10H,6-7,11H2,(H,24,26)(H,27,28)/b17-9-. The molecule has 1 fully saturated rings. The van der Waals surface area contributed by atoms with E-state index in [1.807, 2.05) is 0 Å². The molecule has 0 aromatic heterocycles. The van der Waals surface area contributed by atoms with E-state index in [0.29, 0.717) is 36.3 Å². The lowest BCUT2D eigenvalue weighted by Crippen LogP contribution is -2.30. The molecular weight excluding hydrogens is 495 g/mol. The Morgan fingerprint density at radius 1 is 1.19 bits per heavy atom. The number of amides is 2. The lowest BCUT2D eigenvalue weighted by Gasteiger charge is -2.12. The average molecular weight is 511 g/mol. The summed E-state index contributed by atoms with van der Waals surface area (Å²) in [6.45, 7) is -0.213. The summed E-state index contributed by atoms with van der Waals surface area (Å²) in [6, 6.07) is 11.6. The molecule has 1 saturated heterocycles. The second-order valence-corrected chi connectivity index (χ2v) is 9.01. The number of carboxylic acid groups (broad SMARTS) is 1. The minimum absolute atomic E-state index is 0.0223. The van der Waals surface area contributed by atoms with E-state index in [0.717, 1.165) is 11.8 Å². The molecule has 0 radical (unpaired) electrons. The molecule has 0 aliphatic carbocycles. The van der Waals surface area contributed by atoms with Crippen LogP contribution in [0.1, 0.15) is 12.0 Å². The van der Waals surface area contributed by atoms with Crippen LogP contribution in [-0.4, -0.2) is 45.3 Å². The van der Waals surface area contributed by atoms with Crippen molar-refractivity contribution in [3.05, 3.63) is 63.0 Å². The number of anilines is 1. The van der Waals surface area contributed by atoms with Crippen molar-refractivity contribution in [1.82, 2.24) is 4.90 Å². The number of nitrogens with zero attached hydrogens (tertiary/aromatic N) is 1. The normalized spacial score (nSPS) is 14.7. The Labute approximate surface area is 203 Å². The van der Waals surface area contributed by atoms with Crippen LogP contribution in [0.15, 0.2) is 47.4 Å². The number of carboxylic acids is 1. The van der Waals surface area contributed by atoms with E-state index in [2.05, 4.69) is 5.32 Å². The number of rotatable bonds is 8. The zero-order valence-electron chi connectivity index (χ0n) is 16.3. The Hall–Kier alpha value is -2.59. The Morgan fingerprint density at radius 3 is 2.69 bits per heavy atom. The molecule has 2 N–H and O–H groups in total. The molecule has 1 heterocycles. The van der Waals surface area contributed by atoms with Gasteiger partial charge in [0, 0.05) is 12.2 Å². The fourth-order valence-corrected chi connectivity index (χ4v) is 4.27. The Bertz CT molecular complexity index is 1120. The van der Waals surface area contributed by atoms with Gasteiger partial charge in [-0.2, -0.15) is 0 Å². The van der Waals surface area contributed by atoms with E-state index in [1.165, 1.54) is 11.0 Å². The third-order valence-corrected chi connectivity index (χ3v) is 6.27. The molecule has 1 aliphatic rings. The van der Waals surface area contributed by atoms with Crippen molar-refractivity contribution >= 4 is 81.0 Å². The quantitative estimate of drug-likeness (QED) is 0.392. The van der Waals surface area contributed by atoms with Gasteiger partial charge in [-0.1, -0.05) is 59.3 Å². The predicted molar refractivity (Wildman–Crippen MR) is 129 cm³/mol. The molecule has 166 valence electrons. The number of carbonyl (C=O) groups excluding carboxylic acids is 2. The van der Waals surface area contributed by atoms with Gasteiger partial charge in [-0.05, 0) is 42.0 Å². The Balaban J connectivity index is 1.61. The fraction of sp³-hybridized carbons (Fsp3) is 0.143. The van der Waals surface area contributed by atoms with E-state index in [4.69, 9.17) is 45.3 Å². The van der Waals surface area contributed by atoms with Crippen molar-refractivity contribution in [3.63, 3.8) is 0 Å². The third-order valence-electron chi connectivity index (χ3n) is 4.15. The van der Waals surface area contributed by atoms with Gasteiger partial charge in [0.25, 0.3) is 11.8 Å². The maximum Gasteiger partial charge on any atom is 0.305 e.